The van der Waals surface area contributed by atoms with Crippen molar-refractivity contribution < 1.29 is 0 Å². The SMILES string of the molecule is CNc1ncccc1C1CCCN1CC(C)C. The first kappa shape index (κ1) is 12.4. The summed E-state index contributed by atoms with van der Waals surface area (Å²) in [5.41, 5.74) is 1.35. The van der Waals surface area contributed by atoms with Crippen LogP contribution in [-0.4, -0.2) is 30.0 Å². The zero-order chi connectivity index (χ0) is 12.3. The van der Waals surface area contributed by atoms with Crippen molar-refractivity contribution >= 4 is 5.82 Å². The van der Waals surface area contributed by atoms with E-state index in [1.165, 1.54) is 31.5 Å². The molecule has 1 aliphatic rings. The van der Waals surface area contributed by atoms with Crippen molar-refractivity contribution in [1.82, 2.24) is 9.88 Å². The smallest absolute Gasteiger partial charge is 0.130 e. The van der Waals surface area contributed by atoms with Crippen LogP contribution in [0, 0.1) is 5.92 Å². The molecule has 0 aromatic carbocycles. The summed E-state index contributed by atoms with van der Waals surface area (Å²) in [7, 11) is 1.95. The summed E-state index contributed by atoms with van der Waals surface area (Å²) >= 11 is 0. The van der Waals surface area contributed by atoms with Crippen LogP contribution in [0.15, 0.2) is 18.3 Å². The molecule has 1 atom stereocenters. The summed E-state index contributed by atoms with van der Waals surface area (Å²) in [5.74, 6) is 1.76. The molecule has 1 saturated heterocycles. The fourth-order valence-corrected chi connectivity index (χ4v) is 2.76. The van der Waals surface area contributed by atoms with E-state index in [0.29, 0.717) is 6.04 Å². The Labute approximate surface area is 104 Å². The van der Waals surface area contributed by atoms with Crippen molar-refractivity contribution in [2.24, 2.45) is 5.92 Å². The molecule has 0 spiro atoms. The second kappa shape index (κ2) is 5.50. The molecule has 17 heavy (non-hydrogen) atoms. The Morgan fingerprint density at radius 3 is 3.06 bits per heavy atom. The summed E-state index contributed by atoms with van der Waals surface area (Å²) < 4.78 is 0. The summed E-state index contributed by atoms with van der Waals surface area (Å²) in [5, 5.41) is 3.21. The number of likely N-dealkylation sites (tertiary alicyclic amines) is 1. The van der Waals surface area contributed by atoms with Crippen LogP contribution in [0.5, 0.6) is 0 Å². The molecule has 0 aliphatic carbocycles. The van der Waals surface area contributed by atoms with E-state index >= 15 is 0 Å². The largest absolute Gasteiger partial charge is 0.373 e. The molecule has 1 N–H and O–H groups in total. The van der Waals surface area contributed by atoms with E-state index in [0.717, 1.165) is 11.7 Å². The molecule has 2 rings (SSSR count). The van der Waals surface area contributed by atoms with Crippen molar-refractivity contribution in [3.05, 3.63) is 23.9 Å². The maximum absolute atomic E-state index is 4.42. The highest BCUT2D eigenvalue weighted by Gasteiger charge is 2.28. The molecule has 0 bridgehead atoms. The lowest BCUT2D eigenvalue weighted by Crippen LogP contribution is -2.27. The zero-order valence-electron chi connectivity index (χ0n) is 11.1. The molecule has 1 aromatic rings. The number of anilines is 1. The number of aromatic nitrogens is 1. The predicted molar refractivity (Wildman–Crippen MR) is 72.2 cm³/mol. The van der Waals surface area contributed by atoms with E-state index in [2.05, 4.69) is 35.1 Å². The summed E-state index contributed by atoms with van der Waals surface area (Å²) in [6.07, 6.45) is 4.42. The highest BCUT2D eigenvalue weighted by molar-refractivity contribution is 5.45. The second-order valence-corrected chi connectivity index (χ2v) is 5.24. The molecular formula is C14H23N3. The maximum atomic E-state index is 4.42. The van der Waals surface area contributed by atoms with Crippen molar-refractivity contribution in [2.45, 2.75) is 32.7 Å². The lowest BCUT2D eigenvalue weighted by Gasteiger charge is -2.27. The maximum Gasteiger partial charge on any atom is 0.130 e. The van der Waals surface area contributed by atoms with Crippen molar-refractivity contribution in [1.29, 1.82) is 0 Å². The van der Waals surface area contributed by atoms with E-state index in [-0.39, 0.29) is 0 Å². The Morgan fingerprint density at radius 2 is 2.35 bits per heavy atom. The third-order valence-corrected chi connectivity index (χ3v) is 3.40. The van der Waals surface area contributed by atoms with Crippen molar-refractivity contribution in [2.75, 3.05) is 25.5 Å². The van der Waals surface area contributed by atoms with E-state index in [1.54, 1.807) is 0 Å². The molecule has 2 heterocycles. The predicted octanol–water partition coefficient (Wildman–Crippen LogP) is 2.92. The fraction of sp³-hybridized carbons (Fsp3) is 0.643. The molecule has 1 aliphatic heterocycles. The van der Waals surface area contributed by atoms with Gasteiger partial charge in [-0.05, 0) is 31.4 Å². The van der Waals surface area contributed by atoms with Crippen molar-refractivity contribution in [3.8, 4) is 0 Å². The average Bonchev–Trinajstić information content (AvgIpc) is 2.76. The molecule has 3 heteroatoms. The van der Waals surface area contributed by atoms with Gasteiger partial charge in [-0.2, -0.15) is 0 Å². The van der Waals surface area contributed by atoms with Gasteiger partial charge in [0.2, 0.25) is 0 Å². The standard InChI is InChI=1S/C14H23N3/c1-11(2)10-17-9-5-7-13(17)12-6-4-8-16-14(12)15-3/h4,6,8,11,13H,5,7,9-10H2,1-3H3,(H,15,16). The molecule has 94 valence electrons. The Hall–Kier alpha value is -1.09. The molecule has 1 fully saturated rings. The second-order valence-electron chi connectivity index (χ2n) is 5.24. The number of pyridine rings is 1. The van der Waals surface area contributed by atoms with E-state index < -0.39 is 0 Å². The summed E-state index contributed by atoms with van der Waals surface area (Å²) in [4.78, 5) is 7.02. The molecule has 3 nitrogen and oxygen atoms in total. The van der Waals surface area contributed by atoms with Crippen LogP contribution < -0.4 is 5.32 Å². The molecule has 0 radical (unpaired) electrons. The number of nitrogens with zero attached hydrogens (tertiary/aromatic N) is 2. The van der Waals surface area contributed by atoms with Gasteiger partial charge in [0.15, 0.2) is 0 Å². The average molecular weight is 233 g/mol. The Kier molecular flexibility index (Phi) is 4.00. The van der Waals surface area contributed by atoms with E-state index in [1.807, 2.05) is 19.3 Å². The number of nitrogens with one attached hydrogen (secondary N) is 1. The Morgan fingerprint density at radius 1 is 1.53 bits per heavy atom. The van der Waals surface area contributed by atoms with Gasteiger partial charge in [0, 0.05) is 31.4 Å². The van der Waals surface area contributed by atoms with E-state index in [4.69, 9.17) is 0 Å². The first-order valence-electron chi connectivity index (χ1n) is 6.59. The molecule has 0 amide bonds. The molecular weight excluding hydrogens is 210 g/mol. The highest BCUT2D eigenvalue weighted by Crippen LogP contribution is 2.35. The van der Waals surface area contributed by atoms with Gasteiger partial charge in [0.25, 0.3) is 0 Å². The van der Waals surface area contributed by atoms with Gasteiger partial charge in [-0.15, -0.1) is 0 Å². The Bertz CT molecular complexity index is 362. The van der Waals surface area contributed by atoms with Gasteiger partial charge >= 0.3 is 0 Å². The fourth-order valence-electron chi connectivity index (χ4n) is 2.76. The quantitative estimate of drug-likeness (QED) is 0.866. The van der Waals surface area contributed by atoms with Crippen LogP contribution in [0.2, 0.25) is 0 Å². The van der Waals surface area contributed by atoms with Gasteiger partial charge in [-0.1, -0.05) is 19.9 Å². The first-order chi connectivity index (χ1) is 8.22. The van der Waals surface area contributed by atoms with E-state index in [9.17, 15) is 0 Å². The number of hydrogen-bond donors (Lipinski definition) is 1. The van der Waals surface area contributed by atoms with Crippen LogP contribution in [0.25, 0.3) is 0 Å². The number of hydrogen-bond acceptors (Lipinski definition) is 3. The monoisotopic (exact) mass is 233 g/mol. The zero-order valence-corrected chi connectivity index (χ0v) is 11.1. The minimum Gasteiger partial charge on any atom is -0.373 e. The van der Waals surface area contributed by atoms with Crippen molar-refractivity contribution in [3.63, 3.8) is 0 Å². The van der Waals surface area contributed by atoms with Gasteiger partial charge in [0.1, 0.15) is 5.82 Å². The van der Waals surface area contributed by atoms with Gasteiger partial charge in [-0.3, -0.25) is 4.90 Å². The summed E-state index contributed by atoms with van der Waals surface area (Å²) in [6, 6.07) is 4.80. The van der Waals surface area contributed by atoms with Crippen LogP contribution >= 0.6 is 0 Å². The van der Waals surface area contributed by atoms with Crippen LogP contribution in [0.4, 0.5) is 5.82 Å². The Balaban J connectivity index is 2.19. The van der Waals surface area contributed by atoms with Gasteiger partial charge in [0.05, 0.1) is 0 Å². The number of rotatable bonds is 4. The molecule has 1 unspecified atom stereocenters. The minimum atomic E-state index is 0.550. The van der Waals surface area contributed by atoms with Gasteiger partial charge in [-0.25, -0.2) is 4.98 Å². The van der Waals surface area contributed by atoms with Crippen LogP contribution in [0.3, 0.4) is 0 Å². The van der Waals surface area contributed by atoms with Crippen LogP contribution in [0.1, 0.15) is 38.3 Å². The lowest BCUT2D eigenvalue weighted by molar-refractivity contribution is 0.229. The van der Waals surface area contributed by atoms with Gasteiger partial charge < -0.3 is 5.32 Å². The molecule has 0 saturated carbocycles. The normalized spacial score (nSPS) is 21.1. The minimum absolute atomic E-state index is 0.550. The first-order valence-corrected chi connectivity index (χ1v) is 6.59. The third-order valence-electron chi connectivity index (χ3n) is 3.40. The highest BCUT2D eigenvalue weighted by atomic mass is 15.2. The summed E-state index contributed by atoms with van der Waals surface area (Å²) in [6.45, 7) is 6.98. The topological polar surface area (TPSA) is 28.2 Å². The third kappa shape index (κ3) is 2.78. The lowest BCUT2D eigenvalue weighted by atomic mass is 10.0. The molecule has 1 aromatic heterocycles. The van der Waals surface area contributed by atoms with Crippen LogP contribution in [-0.2, 0) is 0 Å².